The topological polar surface area (TPSA) is 29.1 Å². The van der Waals surface area contributed by atoms with E-state index in [1.165, 1.54) is 6.07 Å². The normalized spacial score (nSPS) is 15.6. The van der Waals surface area contributed by atoms with E-state index in [1.807, 2.05) is 26.8 Å². The van der Waals surface area contributed by atoms with Crippen LogP contribution in [0.4, 0.5) is 4.39 Å². The van der Waals surface area contributed by atoms with Crippen LogP contribution >= 0.6 is 0 Å². The van der Waals surface area contributed by atoms with Gasteiger partial charge in [-0.3, -0.25) is 4.79 Å². The lowest BCUT2D eigenvalue weighted by molar-refractivity contribution is 0.0941. The molecule has 2 nitrogen and oxygen atoms in total. The molecule has 0 aromatic heterocycles. The number of halogens is 1. The van der Waals surface area contributed by atoms with Gasteiger partial charge in [0, 0.05) is 6.54 Å². The highest BCUT2D eigenvalue weighted by Gasteiger charge is 2.24. The third kappa shape index (κ3) is 1.82. The van der Waals surface area contributed by atoms with E-state index in [4.69, 9.17) is 0 Å². The van der Waals surface area contributed by atoms with Gasteiger partial charge in [0.15, 0.2) is 0 Å². The fraction of sp³-hybridized carbons (Fsp3) is 0.462. The molecule has 16 heavy (non-hydrogen) atoms. The minimum Gasteiger partial charge on any atom is -0.352 e. The van der Waals surface area contributed by atoms with E-state index in [1.54, 1.807) is 0 Å². The summed E-state index contributed by atoms with van der Waals surface area (Å²) in [6, 6.07) is 3.43. The second-order valence-electron chi connectivity index (χ2n) is 5.25. The molecule has 0 fully saturated rings. The fourth-order valence-electron chi connectivity index (χ4n) is 1.95. The zero-order valence-corrected chi connectivity index (χ0v) is 9.86. The molecule has 1 N–H and O–H groups in total. The van der Waals surface area contributed by atoms with Crippen molar-refractivity contribution in [3.8, 4) is 0 Å². The summed E-state index contributed by atoms with van der Waals surface area (Å²) < 4.78 is 13.9. The Morgan fingerprint density at radius 2 is 2.00 bits per heavy atom. The molecule has 0 unspecified atom stereocenters. The van der Waals surface area contributed by atoms with Crippen molar-refractivity contribution in [1.29, 1.82) is 0 Å². The Morgan fingerprint density at radius 3 is 2.62 bits per heavy atom. The molecule has 3 heteroatoms. The maximum atomic E-state index is 13.9. The van der Waals surface area contributed by atoms with E-state index in [-0.39, 0.29) is 16.9 Å². The Kier molecular flexibility index (Phi) is 2.49. The van der Waals surface area contributed by atoms with Crippen molar-refractivity contribution < 1.29 is 9.18 Å². The quantitative estimate of drug-likeness (QED) is 0.716. The first-order valence-electron chi connectivity index (χ1n) is 5.50. The molecule has 0 bridgehead atoms. The summed E-state index contributed by atoms with van der Waals surface area (Å²) in [6.07, 6.45) is 0.710. The van der Waals surface area contributed by atoms with Crippen molar-refractivity contribution >= 4 is 5.91 Å². The van der Waals surface area contributed by atoms with Gasteiger partial charge in [-0.15, -0.1) is 0 Å². The second-order valence-corrected chi connectivity index (χ2v) is 5.25. The van der Waals surface area contributed by atoms with Crippen molar-refractivity contribution in [2.45, 2.75) is 32.6 Å². The number of fused-ring (bicyclic) bond motifs is 1. The Labute approximate surface area is 94.9 Å². The van der Waals surface area contributed by atoms with E-state index in [9.17, 15) is 9.18 Å². The summed E-state index contributed by atoms with van der Waals surface area (Å²) in [4.78, 5) is 11.5. The molecule has 0 saturated carbocycles. The third-order valence-electron chi connectivity index (χ3n) is 2.94. The first kappa shape index (κ1) is 11.1. The summed E-state index contributed by atoms with van der Waals surface area (Å²) in [6.45, 7) is 6.71. The van der Waals surface area contributed by atoms with Gasteiger partial charge in [-0.1, -0.05) is 26.8 Å². The zero-order chi connectivity index (χ0) is 11.9. The predicted octanol–water partition coefficient (Wildman–Crippen LogP) is 2.41. The highest BCUT2D eigenvalue weighted by Crippen LogP contribution is 2.28. The molecular weight excluding hydrogens is 205 g/mol. The van der Waals surface area contributed by atoms with Crippen LogP contribution in [0.2, 0.25) is 0 Å². The van der Waals surface area contributed by atoms with Crippen molar-refractivity contribution in [2.75, 3.05) is 6.54 Å². The Balaban J connectivity index is 2.58. The first-order chi connectivity index (χ1) is 7.39. The predicted molar refractivity (Wildman–Crippen MR) is 61.1 cm³/mol. The lowest BCUT2D eigenvalue weighted by atomic mass is 9.84. The molecule has 2 rings (SSSR count). The van der Waals surface area contributed by atoms with Crippen LogP contribution < -0.4 is 5.32 Å². The van der Waals surface area contributed by atoms with Crippen LogP contribution in [-0.4, -0.2) is 12.5 Å². The van der Waals surface area contributed by atoms with E-state index >= 15 is 0 Å². The van der Waals surface area contributed by atoms with Gasteiger partial charge in [-0.25, -0.2) is 4.39 Å². The van der Waals surface area contributed by atoms with Crippen LogP contribution in [0, 0.1) is 5.82 Å². The maximum absolute atomic E-state index is 13.9. The van der Waals surface area contributed by atoms with Crippen LogP contribution in [-0.2, 0) is 11.8 Å². The number of hydrogen-bond acceptors (Lipinski definition) is 1. The first-order valence-corrected chi connectivity index (χ1v) is 5.50. The average molecular weight is 221 g/mol. The summed E-state index contributed by atoms with van der Waals surface area (Å²) in [5.74, 6) is -0.696. The molecule has 0 radical (unpaired) electrons. The molecule has 0 saturated heterocycles. The SMILES string of the molecule is CC(C)(C)c1cc(F)c2c(c1)CCNC2=O. The minimum atomic E-state index is -0.403. The molecule has 0 atom stereocenters. The second kappa shape index (κ2) is 3.58. The van der Waals surface area contributed by atoms with E-state index in [0.717, 1.165) is 11.1 Å². The summed E-state index contributed by atoms with van der Waals surface area (Å²) in [5.41, 5.74) is 1.90. The molecule has 0 aliphatic carbocycles. The van der Waals surface area contributed by atoms with Crippen LogP contribution in [0.1, 0.15) is 42.3 Å². The number of benzene rings is 1. The highest BCUT2D eigenvalue weighted by atomic mass is 19.1. The minimum absolute atomic E-state index is 0.0935. The molecule has 1 amide bonds. The number of carbonyl (C=O) groups excluding carboxylic acids is 1. The zero-order valence-electron chi connectivity index (χ0n) is 9.86. The van der Waals surface area contributed by atoms with Gasteiger partial charge in [0.05, 0.1) is 5.56 Å². The van der Waals surface area contributed by atoms with Crippen LogP contribution in [0.25, 0.3) is 0 Å². The van der Waals surface area contributed by atoms with E-state index in [2.05, 4.69) is 5.32 Å². The van der Waals surface area contributed by atoms with Gasteiger partial charge in [0.1, 0.15) is 5.82 Å². The fourth-order valence-corrected chi connectivity index (χ4v) is 1.95. The van der Waals surface area contributed by atoms with Crippen molar-refractivity contribution in [2.24, 2.45) is 0 Å². The van der Waals surface area contributed by atoms with Crippen molar-refractivity contribution in [3.05, 3.63) is 34.6 Å². The van der Waals surface area contributed by atoms with Crippen LogP contribution in [0.5, 0.6) is 0 Å². The Morgan fingerprint density at radius 1 is 1.31 bits per heavy atom. The summed E-state index contributed by atoms with van der Waals surface area (Å²) in [5, 5.41) is 2.66. The van der Waals surface area contributed by atoms with Crippen LogP contribution in [0.15, 0.2) is 12.1 Å². The summed E-state index contributed by atoms with van der Waals surface area (Å²) >= 11 is 0. The highest BCUT2D eigenvalue weighted by molar-refractivity contribution is 5.97. The van der Waals surface area contributed by atoms with E-state index in [0.29, 0.717) is 13.0 Å². The largest absolute Gasteiger partial charge is 0.352 e. The smallest absolute Gasteiger partial charge is 0.254 e. The third-order valence-corrected chi connectivity index (χ3v) is 2.94. The molecule has 1 aromatic rings. The van der Waals surface area contributed by atoms with Gasteiger partial charge < -0.3 is 5.32 Å². The number of carbonyl (C=O) groups is 1. The average Bonchev–Trinajstić information content (AvgIpc) is 2.15. The Bertz CT molecular complexity index is 446. The van der Waals surface area contributed by atoms with Crippen LogP contribution in [0.3, 0.4) is 0 Å². The van der Waals surface area contributed by atoms with Gasteiger partial charge in [0.25, 0.3) is 5.91 Å². The van der Waals surface area contributed by atoms with Crippen molar-refractivity contribution in [1.82, 2.24) is 5.32 Å². The summed E-state index contributed by atoms with van der Waals surface area (Å²) in [7, 11) is 0. The molecule has 1 heterocycles. The lowest BCUT2D eigenvalue weighted by Gasteiger charge is -2.24. The lowest BCUT2D eigenvalue weighted by Crippen LogP contribution is -2.33. The van der Waals surface area contributed by atoms with Crippen molar-refractivity contribution in [3.63, 3.8) is 0 Å². The monoisotopic (exact) mass is 221 g/mol. The molecule has 0 spiro atoms. The van der Waals surface area contributed by atoms with Gasteiger partial charge in [-0.2, -0.15) is 0 Å². The molecule has 1 aliphatic heterocycles. The maximum Gasteiger partial charge on any atom is 0.254 e. The Hall–Kier alpha value is -1.38. The van der Waals surface area contributed by atoms with Gasteiger partial charge >= 0.3 is 0 Å². The molecule has 1 aromatic carbocycles. The number of hydrogen-bond donors (Lipinski definition) is 1. The number of nitrogens with one attached hydrogen (secondary N) is 1. The molecule has 1 aliphatic rings. The molecular formula is C13H16FNO. The number of rotatable bonds is 0. The molecule has 86 valence electrons. The van der Waals surface area contributed by atoms with E-state index < -0.39 is 5.82 Å². The number of amides is 1. The van der Waals surface area contributed by atoms with Gasteiger partial charge in [-0.05, 0) is 29.0 Å². The standard InChI is InChI=1S/C13H16FNO/c1-13(2,3)9-6-8-4-5-15-12(16)11(8)10(14)7-9/h6-7H,4-5H2,1-3H3,(H,15,16). The van der Waals surface area contributed by atoms with Gasteiger partial charge in [0.2, 0.25) is 0 Å².